The van der Waals surface area contributed by atoms with E-state index in [1.165, 1.54) is 103 Å². The van der Waals surface area contributed by atoms with E-state index in [4.69, 9.17) is 4.84 Å². The third-order valence-electron chi connectivity index (χ3n) is 4.93. The molecular formula is C23H42NO+. The minimum absolute atomic E-state index is 0.827. The lowest BCUT2D eigenvalue weighted by Crippen LogP contribution is -2.42. The molecule has 1 heterocycles. The summed E-state index contributed by atoms with van der Waals surface area (Å²) in [7, 11) is 0. The van der Waals surface area contributed by atoms with Crippen LogP contribution in [-0.4, -0.2) is 6.61 Å². The lowest BCUT2D eigenvalue weighted by atomic mass is 10.0. The summed E-state index contributed by atoms with van der Waals surface area (Å²) < 4.78 is 1.80. The molecule has 0 aliphatic carbocycles. The number of pyridine rings is 1. The SMILES string of the molecule is CCCCCCCCCCCCCCCCCCO[n+]1ccccc1. The smallest absolute Gasteiger partial charge is 0.222 e. The third-order valence-corrected chi connectivity index (χ3v) is 4.93. The fourth-order valence-electron chi connectivity index (χ4n) is 3.29. The van der Waals surface area contributed by atoms with E-state index in [2.05, 4.69) is 6.92 Å². The Morgan fingerprint density at radius 2 is 0.920 bits per heavy atom. The highest BCUT2D eigenvalue weighted by Crippen LogP contribution is 2.13. The van der Waals surface area contributed by atoms with Crippen LogP contribution >= 0.6 is 0 Å². The Hall–Kier alpha value is -1.05. The summed E-state index contributed by atoms with van der Waals surface area (Å²) >= 11 is 0. The number of nitrogens with zero attached hydrogens (tertiary/aromatic N) is 1. The van der Waals surface area contributed by atoms with Gasteiger partial charge in [0.15, 0.2) is 6.61 Å². The van der Waals surface area contributed by atoms with E-state index < -0.39 is 0 Å². The normalized spacial score (nSPS) is 10.9. The molecular weight excluding hydrogens is 306 g/mol. The van der Waals surface area contributed by atoms with Gasteiger partial charge in [-0.1, -0.05) is 103 Å². The summed E-state index contributed by atoms with van der Waals surface area (Å²) in [6.45, 7) is 3.12. The summed E-state index contributed by atoms with van der Waals surface area (Å²) in [5.41, 5.74) is 0. The van der Waals surface area contributed by atoms with Crippen molar-refractivity contribution in [3.05, 3.63) is 30.6 Å². The first kappa shape index (κ1) is 22.0. The van der Waals surface area contributed by atoms with Crippen LogP contribution in [0.1, 0.15) is 110 Å². The van der Waals surface area contributed by atoms with Gasteiger partial charge in [0.2, 0.25) is 12.4 Å². The molecule has 0 saturated carbocycles. The number of aromatic nitrogens is 1. The van der Waals surface area contributed by atoms with Crippen molar-refractivity contribution in [3.63, 3.8) is 0 Å². The zero-order valence-electron chi connectivity index (χ0n) is 16.8. The summed E-state index contributed by atoms with van der Waals surface area (Å²) in [6, 6.07) is 6.00. The highest BCUT2D eigenvalue weighted by atomic mass is 16.7. The molecule has 0 fully saturated rings. The molecule has 2 nitrogen and oxygen atoms in total. The second-order valence-corrected chi connectivity index (χ2v) is 7.37. The molecule has 0 amide bonds. The molecule has 0 unspecified atom stereocenters. The fourth-order valence-corrected chi connectivity index (χ4v) is 3.29. The van der Waals surface area contributed by atoms with Crippen LogP contribution in [0.5, 0.6) is 0 Å². The van der Waals surface area contributed by atoms with Crippen LogP contribution in [0.2, 0.25) is 0 Å². The van der Waals surface area contributed by atoms with E-state index in [0.717, 1.165) is 6.61 Å². The molecule has 0 aliphatic heterocycles. The molecule has 0 bridgehead atoms. The second kappa shape index (κ2) is 17.8. The number of unbranched alkanes of at least 4 members (excludes halogenated alkanes) is 15. The average Bonchev–Trinajstić information content (AvgIpc) is 2.65. The lowest BCUT2D eigenvalue weighted by Gasteiger charge is -2.03. The zero-order chi connectivity index (χ0) is 17.8. The van der Waals surface area contributed by atoms with Gasteiger partial charge < -0.3 is 0 Å². The van der Waals surface area contributed by atoms with Crippen LogP contribution < -0.4 is 9.57 Å². The van der Waals surface area contributed by atoms with Gasteiger partial charge in [-0.05, 0) is 12.8 Å². The van der Waals surface area contributed by atoms with Crippen molar-refractivity contribution in [1.29, 1.82) is 0 Å². The summed E-state index contributed by atoms with van der Waals surface area (Å²) in [5.74, 6) is 0. The molecule has 2 heteroatoms. The van der Waals surface area contributed by atoms with Crippen molar-refractivity contribution >= 4 is 0 Å². The van der Waals surface area contributed by atoms with Crippen LogP contribution in [0.4, 0.5) is 0 Å². The maximum Gasteiger partial charge on any atom is 0.222 e. The van der Waals surface area contributed by atoms with Crippen molar-refractivity contribution in [2.24, 2.45) is 0 Å². The monoisotopic (exact) mass is 348 g/mol. The second-order valence-electron chi connectivity index (χ2n) is 7.37. The highest BCUT2D eigenvalue weighted by Gasteiger charge is 1.98. The molecule has 0 saturated heterocycles. The maximum absolute atomic E-state index is 5.64. The molecule has 0 N–H and O–H groups in total. The molecule has 0 aromatic carbocycles. The van der Waals surface area contributed by atoms with Gasteiger partial charge in [-0.2, -0.15) is 0 Å². The Morgan fingerprint density at radius 1 is 0.520 bits per heavy atom. The predicted octanol–water partition coefficient (Wildman–Crippen LogP) is 6.66. The van der Waals surface area contributed by atoms with Crippen LogP contribution in [0.3, 0.4) is 0 Å². The minimum Gasteiger partial charge on any atom is -0.271 e. The largest absolute Gasteiger partial charge is 0.271 e. The fraction of sp³-hybridized carbons (Fsp3) is 0.783. The van der Waals surface area contributed by atoms with Crippen LogP contribution in [-0.2, 0) is 0 Å². The van der Waals surface area contributed by atoms with Crippen molar-refractivity contribution in [1.82, 2.24) is 0 Å². The molecule has 0 radical (unpaired) electrons. The first-order chi connectivity index (χ1) is 12.4. The van der Waals surface area contributed by atoms with Gasteiger partial charge in [0, 0.05) is 16.9 Å². The minimum atomic E-state index is 0.827. The summed E-state index contributed by atoms with van der Waals surface area (Å²) in [6.07, 6.45) is 26.4. The third kappa shape index (κ3) is 15.0. The highest BCUT2D eigenvalue weighted by molar-refractivity contribution is 4.83. The first-order valence-electron chi connectivity index (χ1n) is 11.0. The summed E-state index contributed by atoms with van der Waals surface area (Å²) in [5, 5.41) is 0. The average molecular weight is 349 g/mol. The van der Waals surface area contributed by atoms with Gasteiger partial charge in [0.1, 0.15) is 0 Å². The number of rotatable bonds is 18. The molecule has 0 atom stereocenters. The van der Waals surface area contributed by atoms with Crippen LogP contribution in [0, 0.1) is 0 Å². The molecule has 1 aromatic heterocycles. The summed E-state index contributed by atoms with van der Waals surface area (Å²) in [4.78, 5) is 5.64. The maximum atomic E-state index is 5.64. The van der Waals surface area contributed by atoms with Gasteiger partial charge in [-0.3, -0.25) is 4.84 Å². The standard InChI is InChI=1S/C23H42NO/c1-2-3-4-5-6-7-8-9-10-11-12-13-14-15-16-20-23-25-24-21-18-17-19-22-24/h17-19,21-22H,2-16,20,23H2,1H3/q+1. The van der Waals surface area contributed by atoms with Crippen LogP contribution in [0.25, 0.3) is 0 Å². The molecule has 0 spiro atoms. The van der Waals surface area contributed by atoms with Gasteiger partial charge >= 0.3 is 0 Å². The quantitative estimate of drug-likeness (QED) is 0.213. The van der Waals surface area contributed by atoms with Crippen molar-refractivity contribution < 1.29 is 9.57 Å². The molecule has 25 heavy (non-hydrogen) atoms. The van der Waals surface area contributed by atoms with E-state index in [1.54, 1.807) is 4.73 Å². The van der Waals surface area contributed by atoms with Crippen molar-refractivity contribution in [2.45, 2.75) is 110 Å². The molecule has 1 rings (SSSR count). The predicted molar refractivity (Wildman–Crippen MR) is 108 cm³/mol. The lowest BCUT2D eigenvalue weighted by molar-refractivity contribution is -0.891. The Morgan fingerprint density at radius 3 is 1.36 bits per heavy atom. The number of hydrogen-bond donors (Lipinski definition) is 0. The Balaban J connectivity index is 1.69. The van der Waals surface area contributed by atoms with Gasteiger partial charge in [0.05, 0.1) is 0 Å². The van der Waals surface area contributed by atoms with E-state index in [1.807, 2.05) is 30.6 Å². The molecule has 0 aliphatic rings. The van der Waals surface area contributed by atoms with E-state index in [-0.39, 0.29) is 0 Å². The molecule has 144 valence electrons. The van der Waals surface area contributed by atoms with Crippen molar-refractivity contribution in [3.8, 4) is 0 Å². The molecule has 1 aromatic rings. The van der Waals surface area contributed by atoms with E-state index in [0.29, 0.717) is 0 Å². The Bertz CT molecular complexity index is 366. The zero-order valence-corrected chi connectivity index (χ0v) is 16.8. The van der Waals surface area contributed by atoms with Gasteiger partial charge in [-0.25, -0.2) is 0 Å². The topological polar surface area (TPSA) is 13.1 Å². The Kier molecular flexibility index (Phi) is 15.6. The van der Waals surface area contributed by atoms with E-state index >= 15 is 0 Å². The van der Waals surface area contributed by atoms with E-state index in [9.17, 15) is 0 Å². The van der Waals surface area contributed by atoms with Crippen molar-refractivity contribution in [2.75, 3.05) is 6.61 Å². The Labute approximate surface area is 156 Å². The van der Waals surface area contributed by atoms with Gasteiger partial charge in [0.25, 0.3) is 0 Å². The number of hydrogen-bond acceptors (Lipinski definition) is 1. The van der Waals surface area contributed by atoms with Gasteiger partial charge in [-0.15, -0.1) is 0 Å². The first-order valence-corrected chi connectivity index (χ1v) is 11.0. The van der Waals surface area contributed by atoms with Crippen LogP contribution in [0.15, 0.2) is 30.6 Å².